The number of hydrogen-bond acceptors (Lipinski definition) is 1. The molecule has 1 heterocycles. The van der Waals surface area contributed by atoms with Crippen molar-refractivity contribution in [2.45, 2.75) is 6.92 Å². The first-order valence-electron chi connectivity index (χ1n) is 14.8. The standard InChI is InChI=1S/C38H33Cl2OP3/c1-2-44(39,40)42(31-19-7-3-8-20-31,32-21-9-4-10-22-32)37-29-17-15-27-35(37)41-36-28-16-18-30-38(36)43(44,33-23-11-5-12-24-33)34-25-13-6-14-26-34/h3-30H,2H2,1H3/q+2. The van der Waals surface area contributed by atoms with Crippen molar-refractivity contribution in [1.29, 1.82) is 0 Å². The number of halogens is 2. The third kappa shape index (κ3) is 3.97. The molecule has 0 spiro atoms. The number of hydrogen-bond donors (Lipinski definition) is 0. The van der Waals surface area contributed by atoms with Gasteiger partial charge in [-0.15, -0.1) is 0 Å². The molecule has 0 saturated heterocycles. The van der Waals surface area contributed by atoms with Crippen LogP contribution in [0, 0.1) is 0 Å². The van der Waals surface area contributed by atoms with Crippen molar-refractivity contribution in [1.82, 2.24) is 0 Å². The Hall–Kier alpha value is -3.01. The number of para-hydroxylation sites is 2. The summed E-state index contributed by atoms with van der Waals surface area (Å²) in [6, 6.07) is 60.2. The van der Waals surface area contributed by atoms with Crippen molar-refractivity contribution in [3.63, 3.8) is 0 Å². The summed E-state index contributed by atoms with van der Waals surface area (Å²) in [7, 11) is 0. The van der Waals surface area contributed by atoms with E-state index >= 15 is 0 Å². The summed E-state index contributed by atoms with van der Waals surface area (Å²) in [5.41, 5.74) is 0. The monoisotopic (exact) mass is 668 g/mol. The van der Waals surface area contributed by atoms with Crippen LogP contribution in [0.2, 0.25) is 0 Å². The molecule has 1 nitrogen and oxygen atoms in total. The minimum absolute atomic E-state index is 0.604. The van der Waals surface area contributed by atoms with E-state index < -0.39 is 18.6 Å². The molecule has 6 aromatic carbocycles. The molecule has 1 aliphatic heterocycles. The molecule has 0 radical (unpaired) electrons. The van der Waals surface area contributed by atoms with Crippen molar-refractivity contribution < 1.29 is 4.74 Å². The Labute approximate surface area is 270 Å². The molecule has 0 bridgehead atoms. The van der Waals surface area contributed by atoms with Crippen LogP contribution in [0.3, 0.4) is 0 Å². The molecule has 0 N–H and O–H groups in total. The first kappa shape index (κ1) is 29.7. The molecule has 0 amide bonds. The topological polar surface area (TPSA) is 9.23 Å². The van der Waals surface area contributed by atoms with Gasteiger partial charge in [-0.2, -0.15) is 0 Å². The van der Waals surface area contributed by atoms with Crippen LogP contribution in [0.15, 0.2) is 170 Å². The third-order valence-electron chi connectivity index (χ3n) is 8.84. The number of fused-ring (bicyclic) bond motifs is 2. The van der Waals surface area contributed by atoms with Gasteiger partial charge in [0.05, 0.1) is 0 Å². The van der Waals surface area contributed by atoms with Crippen LogP contribution in [0.4, 0.5) is 0 Å². The molecule has 44 heavy (non-hydrogen) atoms. The second-order valence-electron chi connectivity index (χ2n) is 10.9. The van der Waals surface area contributed by atoms with Gasteiger partial charge in [-0.05, 0) is 0 Å². The first-order chi connectivity index (χ1) is 21.5. The Morgan fingerprint density at radius 1 is 0.432 bits per heavy atom. The van der Waals surface area contributed by atoms with Crippen molar-refractivity contribution in [3.8, 4) is 11.5 Å². The van der Waals surface area contributed by atoms with Gasteiger partial charge in [-0.3, -0.25) is 0 Å². The van der Waals surface area contributed by atoms with Gasteiger partial charge in [0.15, 0.2) is 0 Å². The average Bonchev–Trinajstić information content (AvgIpc) is 3.08. The number of rotatable bonds is 5. The maximum absolute atomic E-state index is 9.07. The summed E-state index contributed by atoms with van der Waals surface area (Å²) in [5, 5.41) is 6.86. The van der Waals surface area contributed by atoms with E-state index in [1.54, 1.807) is 0 Å². The van der Waals surface area contributed by atoms with Gasteiger partial charge in [0, 0.05) is 0 Å². The Kier molecular flexibility index (Phi) is 7.70. The van der Waals surface area contributed by atoms with E-state index in [2.05, 4.69) is 165 Å². The van der Waals surface area contributed by atoms with Crippen LogP contribution < -0.4 is 36.6 Å². The molecule has 1 aliphatic rings. The van der Waals surface area contributed by atoms with Crippen molar-refractivity contribution in [2.75, 3.05) is 6.16 Å². The molecular formula is C38H33Cl2OP3+2. The van der Waals surface area contributed by atoms with Gasteiger partial charge in [0.1, 0.15) is 0 Å². The molecule has 0 atom stereocenters. The van der Waals surface area contributed by atoms with E-state index in [1.165, 1.54) is 21.2 Å². The predicted octanol–water partition coefficient (Wildman–Crippen LogP) is 9.79. The summed E-state index contributed by atoms with van der Waals surface area (Å²) in [4.78, 5) is 0. The molecule has 0 aromatic heterocycles. The van der Waals surface area contributed by atoms with Gasteiger partial charge < -0.3 is 0 Å². The van der Waals surface area contributed by atoms with Gasteiger partial charge in [-0.25, -0.2) is 0 Å². The Morgan fingerprint density at radius 2 is 0.705 bits per heavy atom. The molecule has 6 aromatic rings. The Bertz CT molecular complexity index is 1700. The van der Waals surface area contributed by atoms with Crippen molar-refractivity contribution in [2.24, 2.45) is 0 Å². The molecule has 0 fully saturated rings. The maximum atomic E-state index is 9.07. The van der Waals surface area contributed by atoms with E-state index in [4.69, 9.17) is 27.2 Å². The van der Waals surface area contributed by atoms with Gasteiger partial charge in [-0.1, -0.05) is 0 Å². The average molecular weight is 670 g/mol. The molecular weight excluding hydrogens is 636 g/mol. The fraction of sp³-hybridized carbons (Fsp3) is 0.0526. The summed E-state index contributed by atoms with van der Waals surface area (Å²) in [6.07, 6.45) is 0.604. The molecule has 7 rings (SSSR count). The van der Waals surface area contributed by atoms with Crippen LogP contribution in [-0.4, -0.2) is 6.16 Å². The molecule has 6 heteroatoms. The molecule has 0 unspecified atom stereocenters. The van der Waals surface area contributed by atoms with Crippen LogP contribution in [-0.2, 0) is 0 Å². The third-order valence-corrected chi connectivity index (χ3v) is 45.6. The predicted molar refractivity (Wildman–Crippen MR) is 200 cm³/mol. The van der Waals surface area contributed by atoms with Crippen LogP contribution >= 0.6 is 41.1 Å². The number of benzene rings is 6. The van der Waals surface area contributed by atoms with E-state index in [9.17, 15) is 0 Å². The zero-order valence-electron chi connectivity index (χ0n) is 24.4. The molecule has 0 aliphatic carbocycles. The summed E-state index contributed by atoms with van der Waals surface area (Å²) < 4.78 is 2.94. The van der Waals surface area contributed by atoms with E-state index in [0.29, 0.717) is 6.16 Å². The Morgan fingerprint density at radius 3 is 1.00 bits per heavy atom. The molecule has 0 saturated carbocycles. The zero-order chi connectivity index (χ0) is 30.3. The number of ether oxygens (including phenoxy) is 1. The second-order valence-corrected chi connectivity index (χ2v) is 36.8. The molecule has 218 valence electrons. The minimum atomic E-state index is -4.18. The summed E-state index contributed by atoms with van der Waals surface area (Å²) in [5.74, 6) is 1.62. The van der Waals surface area contributed by atoms with Crippen molar-refractivity contribution >= 4 is 72.9 Å². The SMILES string of the molecule is CCP1(Cl)(Cl)[P+](c2ccccc2)(c2ccccc2)c2ccccc2Oc2ccccc2[P+]1(c1ccccc1)c1ccccc1. The zero-order valence-corrected chi connectivity index (χ0v) is 28.6. The summed E-state index contributed by atoms with van der Waals surface area (Å²) >= 11 is 18.1. The van der Waals surface area contributed by atoms with Gasteiger partial charge in [0.25, 0.3) is 0 Å². The second kappa shape index (κ2) is 11.4. The first-order valence-corrected chi connectivity index (χ1v) is 24.0. The van der Waals surface area contributed by atoms with E-state index in [-0.39, 0.29) is 0 Å². The van der Waals surface area contributed by atoms with E-state index in [1.807, 2.05) is 12.1 Å². The fourth-order valence-electron chi connectivity index (χ4n) is 7.09. The van der Waals surface area contributed by atoms with E-state index in [0.717, 1.165) is 22.1 Å². The summed E-state index contributed by atoms with van der Waals surface area (Å²) in [6.45, 7) is -3.60. The fourth-order valence-corrected chi connectivity index (χ4v) is 48.9. The van der Waals surface area contributed by atoms with Crippen LogP contribution in [0.5, 0.6) is 11.5 Å². The van der Waals surface area contributed by atoms with Gasteiger partial charge in [0.2, 0.25) is 0 Å². The quantitative estimate of drug-likeness (QED) is 0.166. The van der Waals surface area contributed by atoms with Crippen molar-refractivity contribution in [3.05, 3.63) is 170 Å². The van der Waals surface area contributed by atoms with Gasteiger partial charge >= 0.3 is 272 Å². The van der Waals surface area contributed by atoms with Crippen LogP contribution in [0.1, 0.15) is 6.92 Å². The Balaban J connectivity index is 1.84. The van der Waals surface area contributed by atoms with Crippen LogP contribution in [0.25, 0.3) is 0 Å². The normalized spacial score (nSPS) is 18.1.